The Bertz CT molecular complexity index is 1030. The van der Waals surface area contributed by atoms with Crippen molar-refractivity contribution in [2.75, 3.05) is 57.3 Å². The highest BCUT2D eigenvalue weighted by Gasteiger charge is 2.28. The zero-order valence-electron chi connectivity index (χ0n) is 20.0. The highest BCUT2D eigenvalue weighted by atomic mass is 32.2. The molecule has 34 heavy (non-hydrogen) atoms. The number of carbonyl (C=O) groups excluding carboxylic acids is 1. The summed E-state index contributed by atoms with van der Waals surface area (Å²) in [7, 11) is -3.49. The fourth-order valence-corrected chi connectivity index (χ4v) is 6.10. The van der Waals surface area contributed by atoms with Gasteiger partial charge in [0.15, 0.2) is 0 Å². The van der Waals surface area contributed by atoms with Crippen LogP contribution in [0.25, 0.3) is 0 Å². The van der Waals surface area contributed by atoms with E-state index in [2.05, 4.69) is 46.3 Å². The predicted molar refractivity (Wildman–Crippen MR) is 136 cm³/mol. The Kier molecular flexibility index (Phi) is 8.24. The smallest absolute Gasteiger partial charge is 0.251 e. The number of benzene rings is 2. The quantitative estimate of drug-likeness (QED) is 0.583. The van der Waals surface area contributed by atoms with Gasteiger partial charge in [0.1, 0.15) is 0 Å². The standard InChI is InChI=1S/C26H36N4O3S/c1-22-12-16-30(17-13-22)34(32,33)25-10-8-23(9-11-25)26(31)27-14-5-15-28-18-20-29(21-19-28)24-6-3-2-4-7-24/h2-4,6-11,22H,5,12-21H2,1H3,(H,27,31). The summed E-state index contributed by atoms with van der Waals surface area (Å²) in [4.78, 5) is 17.6. The van der Waals surface area contributed by atoms with Crippen molar-refractivity contribution in [3.8, 4) is 0 Å². The van der Waals surface area contributed by atoms with E-state index in [1.807, 2.05) is 6.07 Å². The molecule has 0 radical (unpaired) electrons. The molecule has 0 aliphatic carbocycles. The van der Waals surface area contributed by atoms with Crippen molar-refractivity contribution in [2.45, 2.75) is 31.1 Å². The van der Waals surface area contributed by atoms with E-state index in [4.69, 9.17) is 0 Å². The van der Waals surface area contributed by atoms with Crippen LogP contribution in [-0.4, -0.2) is 75.9 Å². The molecule has 2 heterocycles. The largest absolute Gasteiger partial charge is 0.369 e. The maximum absolute atomic E-state index is 12.9. The van der Waals surface area contributed by atoms with Crippen LogP contribution in [0.2, 0.25) is 0 Å². The summed E-state index contributed by atoms with van der Waals surface area (Å²) < 4.78 is 27.3. The lowest BCUT2D eigenvalue weighted by atomic mass is 10.0. The van der Waals surface area contributed by atoms with Gasteiger partial charge in [0.2, 0.25) is 10.0 Å². The maximum atomic E-state index is 12.9. The number of rotatable bonds is 8. The van der Waals surface area contributed by atoms with Crippen LogP contribution in [0.4, 0.5) is 5.69 Å². The van der Waals surface area contributed by atoms with Crippen LogP contribution in [0, 0.1) is 5.92 Å². The second-order valence-corrected chi connectivity index (χ2v) is 11.3. The van der Waals surface area contributed by atoms with Crippen LogP contribution >= 0.6 is 0 Å². The Hall–Kier alpha value is -2.42. The second kappa shape index (κ2) is 11.3. The summed E-state index contributed by atoms with van der Waals surface area (Å²) in [6, 6.07) is 16.8. The van der Waals surface area contributed by atoms with Gasteiger partial charge in [-0.15, -0.1) is 0 Å². The van der Waals surface area contributed by atoms with Gasteiger partial charge >= 0.3 is 0 Å². The molecule has 4 rings (SSSR count). The van der Waals surface area contributed by atoms with Crippen LogP contribution < -0.4 is 10.2 Å². The first kappa shape index (κ1) is 24.7. The molecule has 0 bridgehead atoms. The van der Waals surface area contributed by atoms with Crippen LogP contribution in [-0.2, 0) is 10.0 Å². The van der Waals surface area contributed by atoms with Gasteiger partial charge in [0.05, 0.1) is 4.90 Å². The maximum Gasteiger partial charge on any atom is 0.251 e. The average molecular weight is 485 g/mol. The molecule has 2 aromatic rings. The number of sulfonamides is 1. The summed E-state index contributed by atoms with van der Waals surface area (Å²) in [5.41, 5.74) is 1.77. The molecule has 2 aliphatic heterocycles. The lowest BCUT2D eigenvalue weighted by Crippen LogP contribution is -2.47. The zero-order valence-corrected chi connectivity index (χ0v) is 20.8. The number of para-hydroxylation sites is 1. The van der Waals surface area contributed by atoms with E-state index >= 15 is 0 Å². The summed E-state index contributed by atoms with van der Waals surface area (Å²) >= 11 is 0. The van der Waals surface area contributed by atoms with Crippen molar-refractivity contribution >= 4 is 21.6 Å². The molecule has 2 aliphatic rings. The van der Waals surface area contributed by atoms with Crippen LogP contribution in [0.3, 0.4) is 0 Å². The van der Waals surface area contributed by atoms with Crippen molar-refractivity contribution in [1.29, 1.82) is 0 Å². The topological polar surface area (TPSA) is 73.0 Å². The number of nitrogens with one attached hydrogen (secondary N) is 1. The second-order valence-electron chi connectivity index (χ2n) is 9.38. The number of amides is 1. The van der Waals surface area contributed by atoms with Gasteiger partial charge in [-0.05, 0) is 68.1 Å². The number of piperazine rings is 1. The number of carbonyl (C=O) groups is 1. The van der Waals surface area contributed by atoms with Crippen molar-refractivity contribution < 1.29 is 13.2 Å². The van der Waals surface area contributed by atoms with Crippen molar-refractivity contribution in [3.05, 3.63) is 60.2 Å². The molecular formula is C26H36N4O3S. The zero-order chi connectivity index (χ0) is 24.0. The minimum Gasteiger partial charge on any atom is -0.369 e. The number of anilines is 1. The molecule has 8 heteroatoms. The summed E-state index contributed by atoms with van der Waals surface area (Å²) in [6.07, 6.45) is 2.67. The van der Waals surface area contributed by atoms with Gasteiger partial charge in [-0.2, -0.15) is 4.31 Å². The van der Waals surface area contributed by atoms with E-state index in [-0.39, 0.29) is 10.8 Å². The van der Waals surface area contributed by atoms with Gasteiger partial charge in [0, 0.05) is 57.1 Å². The van der Waals surface area contributed by atoms with Crippen molar-refractivity contribution in [2.24, 2.45) is 5.92 Å². The first-order valence-electron chi connectivity index (χ1n) is 12.3. The third kappa shape index (κ3) is 6.17. The Morgan fingerprint density at radius 3 is 2.21 bits per heavy atom. The normalized spacial score (nSPS) is 18.7. The van der Waals surface area contributed by atoms with E-state index in [0.29, 0.717) is 31.1 Å². The van der Waals surface area contributed by atoms with Gasteiger partial charge in [-0.3, -0.25) is 9.69 Å². The highest BCUT2D eigenvalue weighted by Crippen LogP contribution is 2.23. The summed E-state index contributed by atoms with van der Waals surface area (Å²) in [6.45, 7) is 8.91. The van der Waals surface area contributed by atoms with E-state index in [0.717, 1.165) is 52.0 Å². The van der Waals surface area contributed by atoms with Crippen LogP contribution in [0.1, 0.15) is 36.5 Å². The molecule has 184 valence electrons. The molecule has 0 unspecified atom stereocenters. The number of hydrogen-bond donors (Lipinski definition) is 1. The molecule has 0 atom stereocenters. The van der Waals surface area contributed by atoms with E-state index in [1.54, 1.807) is 28.6 Å². The van der Waals surface area contributed by atoms with Gasteiger partial charge in [-0.25, -0.2) is 8.42 Å². The third-order valence-corrected chi connectivity index (χ3v) is 8.84. The first-order chi connectivity index (χ1) is 16.4. The molecule has 2 saturated heterocycles. The molecule has 1 amide bonds. The summed E-state index contributed by atoms with van der Waals surface area (Å²) in [5, 5.41) is 2.96. The molecule has 0 aromatic heterocycles. The molecule has 0 spiro atoms. The highest BCUT2D eigenvalue weighted by molar-refractivity contribution is 7.89. The van der Waals surface area contributed by atoms with Gasteiger partial charge in [-0.1, -0.05) is 25.1 Å². The minimum absolute atomic E-state index is 0.162. The number of nitrogens with zero attached hydrogens (tertiary/aromatic N) is 3. The Morgan fingerprint density at radius 2 is 1.56 bits per heavy atom. The van der Waals surface area contributed by atoms with Crippen LogP contribution in [0.15, 0.2) is 59.5 Å². The minimum atomic E-state index is -3.49. The third-order valence-electron chi connectivity index (χ3n) is 6.93. The average Bonchev–Trinajstić information content (AvgIpc) is 2.88. The molecule has 7 nitrogen and oxygen atoms in total. The number of hydrogen-bond acceptors (Lipinski definition) is 5. The molecule has 2 fully saturated rings. The van der Waals surface area contributed by atoms with Crippen molar-refractivity contribution in [3.63, 3.8) is 0 Å². The van der Waals surface area contributed by atoms with Crippen molar-refractivity contribution in [1.82, 2.24) is 14.5 Å². The monoisotopic (exact) mass is 484 g/mol. The first-order valence-corrected chi connectivity index (χ1v) is 13.8. The molecule has 1 N–H and O–H groups in total. The molecular weight excluding hydrogens is 448 g/mol. The van der Waals surface area contributed by atoms with Crippen LogP contribution in [0.5, 0.6) is 0 Å². The molecule has 0 saturated carbocycles. The Balaban J connectivity index is 1.18. The molecule has 2 aromatic carbocycles. The SMILES string of the molecule is CC1CCN(S(=O)(=O)c2ccc(C(=O)NCCCN3CCN(c4ccccc4)CC3)cc2)CC1. The van der Waals surface area contributed by atoms with E-state index < -0.39 is 10.0 Å². The predicted octanol–water partition coefficient (Wildman–Crippen LogP) is 3.05. The number of piperidine rings is 1. The Labute approximate surface area is 203 Å². The lowest BCUT2D eigenvalue weighted by molar-refractivity contribution is 0.0951. The van der Waals surface area contributed by atoms with E-state index in [1.165, 1.54) is 5.69 Å². The fraction of sp³-hybridized carbons (Fsp3) is 0.500. The fourth-order valence-electron chi connectivity index (χ4n) is 4.63. The van der Waals surface area contributed by atoms with E-state index in [9.17, 15) is 13.2 Å². The van der Waals surface area contributed by atoms with Gasteiger partial charge in [0.25, 0.3) is 5.91 Å². The summed E-state index contributed by atoms with van der Waals surface area (Å²) in [5.74, 6) is 0.404. The Morgan fingerprint density at radius 1 is 0.912 bits per heavy atom. The van der Waals surface area contributed by atoms with Gasteiger partial charge < -0.3 is 10.2 Å². The lowest BCUT2D eigenvalue weighted by Gasteiger charge is -2.36.